The summed E-state index contributed by atoms with van der Waals surface area (Å²) in [7, 11) is 0. The molecule has 0 amide bonds. The smallest absolute Gasteiger partial charge is 0.310 e. The van der Waals surface area contributed by atoms with Crippen LogP contribution in [0.25, 0.3) is 0 Å². The first-order chi connectivity index (χ1) is 3.13. The molecule has 0 saturated heterocycles. The van der Waals surface area contributed by atoms with Crippen LogP contribution in [0.5, 0.6) is 0 Å². The minimum absolute atomic E-state index is 0. The van der Waals surface area contributed by atoms with Crippen molar-refractivity contribution in [1.29, 1.82) is 0 Å². The minimum Gasteiger partial charge on any atom is -0.481 e. The van der Waals surface area contributed by atoms with E-state index in [1.807, 2.05) is 0 Å². The zero-order chi connectivity index (χ0) is 5.86. The molecule has 0 rings (SSSR count). The normalized spacial score (nSPS) is 7.12. The molecular formula is C4H6O3Tm. The van der Waals surface area contributed by atoms with E-state index in [2.05, 4.69) is 0 Å². The molecule has 0 aliphatic rings. The molecule has 0 unspecified atom stereocenters. The van der Waals surface area contributed by atoms with Gasteiger partial charge < -0.3 is 5.11 Å². The molecule has 0 spiro atoms. The van der Waals surface area contributed by atoms with Gasteiger partial charge in [-0.25, -0.2) is 0 Å². The first-order valence-electron chi connectivity index (χ1n) is 1.84. The molecule has 3 nitrogen and oxygen atoms in total. The largest absolute Gasteiger partial charge is 0.481 e. The molecule has 1 N–H and O–H groups in total. The Morgan fingerprint density at radius 2 is 1.88 bits per heavy atom. The molecule has 4 heteroatoms. The average molecular weight is 271 g/mol. The summed E-state index contributed by atoms with van der Waals surface area (Å²) in [6.45, 7) is 1.24. The van der Waals surface area contributed by atoms with Gasteiger partial charge in [-0.2, -0.15) is 0 Å². The predicted molar refractivity (Wildman–Crippen MR) is 22.9 cm³/mol. The second-order valence-corrected chi connectivity index (χ2v) is 1.27. The maximum atomic E-state index is 9.87. The van der Waals surface area contributed by atoms with Crippen molar-refractivity contribution in [3.8, 4) is 0 Å². The zero-order valence-electron chi connectivity index (χ0n) is 4.25. The number of carboxylic acid groups (broad SMARTS) is 1. The number of rotatable bonds is 2. The van der Waals surface area contributed by atoms with Crippen LogP contribution in [0.1, 0.15) is 13.3 Å². The molecular weight excluding hydrogens is 265 g/mol. The Labute approximate surface area is 76.3 Å². The Hall–Kier alpha value is 0.374. The summed E-state index contributed by atoms with van der Waals surface area (Å²) >= 11 is 0. The van der Waals surface area contributed by atoms with Gasteiger partial charge in [0.15, 0.2) is 0 Å². The van der Waals surface area contributed by atoms with Gasteiger partial charge in [-0.05, 0) is 6.92 Å². The molecule has 8 heavy (non-hydrogen) atoms. The van der Waals surface area contributed by atoms with Crippen molar-refractivity contribution in [1.82, 2.24) is 0 Å². The molecule has 1 radical (unpaired) electrons. The molecule has 0 saturated carbocycles. The van der Waals surface area contributed by atoms with Crippen molar-refractivity contribution in [2.24, 2.45) is 0 Å². The van der Waals surface area contributed by atoms with Crippen LogP contribution in [0.15, 0.2) is 0 Å². The number of Topliss-reactive ketones (excluding diaryl/α,β-unsaturated/α-hetero) is 1. The third kappa shape index (κ3) is 9.62. The molecule has 0 aromatic rings. The van der Waals surface area contributed by atoms with Crippen LogP contribution in [0.3, 0.4) is 0 Å². The topological polar surface area (TPSA) is 54.4 Å². The summed E-state index contributed by atoms with van der Waals surface area (Å²) in [5, 5.41) is 7.86. The van der Waals surface area contributed by atoms with E-state index < -0.39 is 5.97 Å². The number of ketones is 1. The standard InChI is InChI=1S/C4H6O3.Tm/c1-3(5)2-4(6)7;/h2H2,1H3,(H,6,7);. The van der Waals surface area contributed by atoms with Crippen LogP contribution in [-0.2, 0) is 9.59 Å². The van der Waals surface area contributed by atoms with Crippen LogP contribution in [0.2, 0.25) is 0 Å². The fourth-order valence-corrected chi connectivity index (χ4v) is 0.213. The Balaban J connectivity index is 0. The average Bonchev–Trinajstić information content (AvgIpc) is 1.27. The maximum absolute atomic E-state index is 9.87. The van der Waals surface area contributed by atoms with Crippen molar-refractivity contribution in [2.45, 2.75) is 13.3 Å². The van der Waals surface area contributed by atoms with E-state index in [1.54, 1.807) is 0 Å². The van der Waals surface area contributed by atoms with E-state index in [9.17, 15) is 9.59 Å². The molecule has 53 valence electrons. The summed E-state index contributed by atoms with van der Waals surface area (Å²) < 4.78 is 0. The van der Waals surface area contributed by atoms with Crippen LogP contribution < -0.4 is 0 Å². The van der Waals surface area contributed by atoms with Gasteiger partial charge >= 0.3 is 5.97 Å². The molecule has 0 bridgehead atoms. The van der Waals surface area contributed by atoms with Gasteiger partial charge in [-0.3, -0.25) is 9.59 Å². The Morgan fingerprint density at radius 1 is 1.50 bits per heavy atom. The van der Waals surface area contributed by atoms with Crippen LogP contribution in [0.4, 0.5) is 0 Å². The Bertz CT molecular complexity index is 87.5. The predicted octanol–water partition coefficient (Wildman–Crippen LogP) is 0.0501. The molecule has 0 fully saturated rings. The van der Waals surface area contributed by atoms with E-state index in [0.717, 1.165) is 0 Å². The number of hydrogen-bond acceptors (Lipinski definition) is 2. The van der Waals surface area contributed by atoms with E-state index in [1.165, 1.54) is 6.92 Å². The number of hydrogen-bond donors (Lipinski definition) is 1. The van der Waals surface area contributed by atoms with Crippen molar-refractivity contribution in [3.63, 3.8) is 0 Å². The SMILES string of the molecule is CC(=O)CC(=O)O.[Tm]. The summed E-state index contributed by atoms with van der Waals surface area (Å²) in [6, 6.07) is 0. The zero-order valence-corrected chi connectivity index (χ0v) is 6.03. The fourth-order valence-electron chi connectivity index (χ4n) is 0.213. The second kappa shape index (κ2) is 5.51. The third-order valence-electron chi connectivity index (χ3n) is 0.400. The van der Waals surface area contributed by atoms with E-state index in [-0.39, 0.29) is 49.1 Å². The summed E-state index contributed by atoms with van der Waals surface area (Å²) in [5.74, 6) is -1.37. The Morgan fingerprint density at radius 3 is 1.88 bits per heavy atom. The van der Waals surface area contributed by atoms with Crippen LogP contribution in [0, 0.1) is 36.9 Å². The number of carbonyl (C=O) groups is 2. The molecule has 0 aromatic heterocycles. The van der Waals surface area contributed by atoms with Gasteiger partial charge in [0.2, 0.25) is 0 Å². The molecule has 0 aromatic carbocycles. The molecule has 0 aliphatic carbocycles. The number of carboxylic acids is 1. The van der Waals surface area contributed by atoms with E-state index in [4.69, 9.17) is 5.11 Å². The molecule has 0 atom stereocenters. The van der Waals surface area contributed by atoms with Crippen molar-refractivity contribution in [2.75, 3.05) is 0 Å². The van der Waals surface area contributed by atoms with E-state index in [0.29, 0.717) is 0 Å². The third-order valence-corrected chi connectivity index (χ3v) is 0.400. The maximum Gasteiger partial charge on any atom is 0.310 e. The first kappa shape index (κ1) is 11.2. The van der Waals surface area contributed by atoms with Gasteiger partial charge in [-0.15, -0.1) is 0 Å². The summed E-state index contributed by atoms with van der Waals surface area (Å²) in [5.41, 5.74) is 0. The quantitative estimate of drug-likeness (QED) is 0.722. The Kier molecular flexibility index (Phi) is 7.72. The number of carbonyl (C=O) groups excluding carboxylic acids is 1. The van der Waals surface area contributed by atoms with Crippen molar-refractivity contribution < 1.29 is 51.6 Å². The van der Waals surface area contributed by atoms with Gasteiger partial charge in [0.05, 0.1) is 0 Å². The fraction of sp³-hybridized carbons (Fsp3) is 0.500. The number of aliphatic carboxylic acids is 1. The van der Waals surface area contributed by atoms with Crippen molar-refractivity contribution in [3.05, 3.63) is 0 Å². The molecule has 0 heterocycles. The molecule has 0 aliphatic heterocycles. The first-order valence-corrected chi connectivity index (χ1v) is 1.84. The summed E-state index contributed by atoms with van der Waals surface area (Å²) in [4.78, 5) is 19.5. The van der Waals surface area contributed by atoms with Gasteiger partial charge in [0.1, 0.15) is 12.2 Å². The van der Waals surface area contributed by atoms with Gasteiger partial charge in [0, 0.05) is 36.9 Å². The van der Waals surface area contributed by atoms with E-state index >= 15 is 0 Å². The van der Waals surface area contributed by atoms with Crippen LogP contribution in [-0.4, -0.2) is 16.9 Å². The summed E-state index contributed by atoms with van der Waals surface area (Å²) in [6.07, 6.45) is -0.361. The minimum atomic E-state index is -1.06. The second-order valence-electron chi connectivity index (χ2n) is 1.27. The van der Waals surface area contributed by atoms with Crippen molar-refractivity contribution >= 4 is 11.8 Å². The van der Waals surface area contributed by atoms with Gasteiger partial charge in [0.25, 0.3) is 0 Å². The monoisotopic (exact) mass is 271 g/mol. The van der Waals surface area contributed by atoms with Crippen LogP contribution >= 0.6 is 0 Å². The van der Waals surface area contributed by atoms with Gasteiger partial charge in [-0.1, -0.05) is 0 Å².